The van der Waals surface area contributed by atoms with Crippen LogP contribution in [-0.2, 0) is 10.0 Å². The summed E-state index contributed by atoms with van der Waals surface area (Å²) in [5.74, 6) is -3.98. The van der Waals surface area contributed by atoms with E-state index in [-0.39, 0.29) is 19.1 Å². The number of piperidine rings is 1. The van der Waals surface area contributed by atoms with Crippen molar-refractivity contribution in [3.63, 3.8) is 0 Å². The molecule has 0 bridgehead atoms. The molecule has 1 aliphatic heterocycles. The summed E-state index contributed by atoms with van der Waals surface area (Å²) in [6.45, 7) is 0.467. The third-order valence-corrected chi connectivity index (χ3v) is 5.61. The van der Waals surface area contributed by atoms with E-state index < -0.39 is 32.4 Å². The van der Waals surface area contributed by atoms with Gasteiger partial charge < -0.3 is 5.73 Å². The molecule has 4 nitrogen and oxygen atoms in total. The summed E-state index contributed by atoms with van der Waals surface area (Å²) in [4.78, 5) is -1.09. The summed E-state index contributed by atoms with van der Waals surface area (Å²) in [5.41, 5.74) is 5.46. The fraction of sp³-hybridized carbons (Fsp3) is 0.538. The number of rotatable bonds is 4. The molecule has 0 aromatic heterocycles. The zero-order valence-corrected chi connectivity index (χ0v) is 12.2. The molecule has 0 radical (unpaired) electrons. The minimum absolute atomic E-state index is 0.184. The van der Waals surface area contributed by atoms with E-state index in [0.717, 1.165) is 10.7 Å². The summed E-state index contributed by atoms with van der Waals surface area (Å²) in [6, 6.07) is 0.369. The summed E-state index contributed by atoms with van der Waals surface area (Å²) in [6.07, 6.45) is 2.47. The maximum Gasteiger partial charge on any atom is 0.249 e. The van der Waals surface area contributed by atoms with Crippen LogP contribution in [0.2, 0.25) is 0 Å². The normalized spacial score (nSPS) is 20.7. The van der Waals surface area contributed by atoms with Crippen LogP contribution in [0.15, 0.2) is 17.0 Å². The van der Waals surface area contributed by atoms with Crippen LogP contribution in [0.4, 0.5) is 13.2 Å². The van der Waals surface area contributed by atoms with Crippen molar-refractivity contribution >= 4 is 10.0 Å². The standard InChI is InChI=1S/C13H17F3N2O2S/c14-9-7-11(15)13(12(16)8-9)21(19,20)18-6-2-1-3-10(18)4-5-17/h7-8,10H,1-6,17H2. The number of hydrogen-bond donors (Lipinski definition) is 1. The molecule has 1 fully saturated rings. The van der Waals surface area contributed by atoms with Crippen LogP contribution in [-0.4, -0.2) is 31.9 Å². The molecule has 0 spiro atoms. The molecule has 1 aromatic carbocycles. The molecule has 8 heteroatoms. The highest BCUT2D eigenvalue weighted by atomic mass is 32.2. The molecule has 2 N–H and O–H groups in total. The van der Waals surface area contributed by atoms with Gasteiger partial charge in [0.2, 0.25) is 10.0 Å². The van der Waals surface area contributed by atoms with Gasteiger partial charge in [-0.1, -0.05) is 6.42 Å². The van der Waals surface area contributed by atoms with Gasteiger partial charge in [0.25, 0.3) is 0 Å². The molecule has 1 saturated heterocycles. The Labute approximate surface area is 121 Å². The van der Waals surface area contributed by atoms with Gasteiger partial charge in [-0.15, -0.1) is 0 Å². The van der Waals surface area contributed by atoms with E-state index in [1.54, 1.807) is 0 Å². The first-order chi connectivity index (χ1) is 9.87. The van der Waals surface area contributed by atoms with Gasteiger partial charge in [0.15, 0.2) is 4.90 Å². The average Bonchev–Trinajstić information content (AvgIpc) is 2.37. The van der Waals surface area contributed by atoms with Crippen molar-refractivity contribution in [1.82, 2.24) is 4.31 Å². The van der Waals surface area contributed by atoms with Crippen molar-refractivity contribution in [2.24, 2.45) is 5.73 Å². The lowest BCUT2D eigenvalue weighted by atomic mass is 10.0. The van der Waals surface area contributed by atoms with Crippen molar-refractivity contribution in [2.75, 3.05) is 13.1 Å². The fourth-order valence-corrected chi connectivity index (χ4v) is 4.48. The largest absolute Gasteiger partial charge is 0.330 e. The minimum atomic E-state index is -4.35. The van der Waals surface area contributed by atoms with E-state index in [1.807, 2.05) is 0 Å². The molecule has 0 aliphatic carbocycles. The van der Waals surface area contributed by atoms with Gasteiger partial charge in [-0.25, -0.2) is 21.6 Å². The molecule has 1 unspecified atom stereocenters. The number of benzene rings is 1. The highest BCUT2D eigenvalue weighted by molar-refractivity contribution is 7.89. The predicted octanol–water partition coefficient (Wildman–Crippen LogP) is 2.00. The summed E-state index contributed by atoms with van der Waals surface area (Å²) >= 11 is 0. The van der Waals surface area contributed by atoms with Crippen molar-refractivity contribution in [3.8, 4) is 0 Å². The maximum absolute atomic E-state index is 13.8. The molecule has 1 atom stereocenters. The lowest BCUT2D eigenvalue weighted by Gasteiger charge is -2.34. The SMILES string of the molecule is NCCC1CCCCN1S(=O)(=O)c1c(F)cc(F)cc1F. The minimum Gasteiger partial charge on any atom is -0.330 e. The predicted molar refractivity (Wildman–Crippen MR) is 71.5 cm³/mol. The van der Waals surface area contributed by atoms with E-state index in [4.69, 9.17) is 5.73 Å². The molecule has 1 aliphatic rings. The fourth-order valence-electron chi connectivity index (χ4n) is 2.66. The average molecular weight is 322 g/mol. The molecule has 118 valence electrons. The van der Waals surface area contributed by atoms with Gasteiger partial charge in [-0.3, -0.25) is 0 Å². The smallest absolute Gasteiger partial charge is 0.249 e. The van der Waals surface area contributed by atoms with Gasteiger partial charge in [0.1, 0.15) is 17.5 Å². The molecule has 0 saturated carbocycles. The van der Waals surface area contributed by atoms with Crippen LogP contribution in [0.1, 0.15) is 25.7 Å². The van der Waals surface area contributed by atoms with Crippen molar-refractivity contribution in [1.29, 1.82) is 0 Å². The number of halogens is 3. The Balaban J connectivity index is 2.45. The molecular weight excluding hydrogens is 305 g/mol. The zero-order valence-electron chi connectivity index (χ0n) is 11.4. The van der Waals surface area contributed by atoms with Crippen LogP contribution in [0, 0.1) is 17.5 Å². The topological polar surface area (TPSA) is 63.4 Å². The first-order valence-corrected chi connectivity index (χ1v) is 8.18. The first kappa shape index (κ1) is 16.3. The molecule has 21 heavy (non-hydrogen) atoms. The second-order valence-electron chi connectivity index (χ2n) is 5.04. The Morgan fingerprint density at radius 3 is 2.38 bits per heavy atom. The van der Waals surface area contributed by atoms with E-state index in [9.17, 15) is 21.6 Å². The Kier molecular flexibility index (Phi) is 4.90. The molecule has 1 heterocycles. The van der Waals surface area contributed by atoms with Crippen LogP contribution in [0.25, 0.3) is 0 Å². The van der Waals surface area contributed by atoms with E-state index in [2.05, 4.69) is 0 Å². The lowest BCUT2D eigenvalue weighted by Crippen LogP contribution is -2.45. The zero-order chi connectivity index (χ0) is 15.6. The van der Waals surface area contributed by atoms with Gasteiger partial charge in [-0.2, -0.15) is 4.31 Å². The number of sulfonamides is 1. The van der Waals surface area contributed by atoms with Crippen molar-refractivity contribution in [2.45, 2.75) is 36.6 Å². The molecule has 1 aromatic rings. The molecule has 0 amide bonds. The third-order valence-electron chi connectivity index (χ3n) is 3.60. The molecular formula is C13H17F3N2O2S. The first-order valence-electron chi connectivity index (χ1n) is 6.74. The second kappa shape index (κ2) is 6.33. The van der Waals surface area contributed by atoms with Crippen LogP contribution in [0.3, 0.4) is 0 Å². The van der Waals surface area contributed by atoms with E-state index in [1.165, 1.54) is 0 Å². The van der Waals surface area contributed by atoms with Gasteiger partial charge in [0, 0.05) is 24.7 Å². The highest BCUT2D eigenvalue weighted by Crippen LogP contribution is 2.30. The quantitative estimate of drug-likeness (QED) is 0.922. The Bertz CT molecular complexity index is 597. The van der Waals surface area contributed by atoms with Gasteiger partial charge >= 0.3 is 0 Å². The van der Waals surface area contributed by atoms with Crippen LogP contribution in [0.5, 0.6) is 0 Å². The van der Waals surface area contributed by atoms with Crippen molar-refractivity contribution < 1.29 is 21.6 Å². The van der Waals surface area contributed by atoms with Crippen LogP contribution < -0.4 is 5.73 Å². The van der Waals surface area contributed by atoms with Gasteiger partial charge in [0.05, 0.1) is 0 Å². The Morgan fingerprint density at radius 2 is 1.81 bits per heavy atom. The number of nitrogens with two attached hydrogens (primary N) is 1. The maximum atomic E-state index is 13.8. The monoisotopic (exact) mass is 322 g/mol. The molecule has 2 rings (SSSR count). The Morgan fingerprint density at radius 1 is 1.19 bits per heavy atom. The number of hydrogen-bond acceptors (Lipinski definition) is 3. The Hall–Kier alpha value is -1.12. The highest BCUT2D eigenvalue weighted by Gasteiger charge is 2.36. The lowest BCUT2D eigenvalue weighted by molar-refractivity contribution is 0.241. The van der Waals surface area contributed by atoms with Crippen LogP contribution >= 0.6 is 0 Å². The number of nitrogens with zero attached hydrogens (tertiary/aromatic N) is 1. The summed E-state index contributed by atoms with van der Waals surface area (Å²) < 4.78 is 66.6. The summed E-state index contributed by atoms with van der Waals surface area (Å²) in [7, 11) is -4.35. The van der Waals surface area contributed by atoms with E-state index in [0.29, 0.717) is 31.4 Å². The van der Waals surface area contributed by atoms with Crippen molar-refractivity contribution in [3.05, 3.63) is 29.6 Å². The van der Waals surface area contributed by atoms with Gasteiger partial charge in [-0.05, 0) is 25.8 Å². The third kappa shape index (κ3) is 3.22. The summed E-state index contributed by atoms with van der Waals surface area (Å²) in [5, 5.41) is 0. The second-order valence-corrected chi connectivity index (χ2v) is 6.87. The van der Waals surface area contributed by atoms with E-state index >= 15 is 0 Å².